The zero-order valence-electron chi connectivity index (χ0n) is 10.5. The molecule has 0 N–H and O–H groups in total. The zero-order chi connectivity index (χ0) is 13.6. The molecule has 0 aliphatic carbocycles. The maximum Gasteiger partial charge on any atom is 0.348 e. The van der Waals surface area contributed by atoms with E-state index in [1.54, 1.807) is 11.6 Å². The van der Waals surface area contributed by atoms with Crippen molar-refractivity contribution in [2.75, 3.05) is 0 Å². The largest absolute Gasteiger partial charge is 0.348 e. The van der Waals surface area contributed by atoms with Crippen LogP contribution < -0.4 is 5.69 Å². The van der Waals surface area contributed by atoms with E-state index < -0.39 is 0 Å². The highest BCUT2D eigenvalue weighted by Gasteiger charge is 2.16. The van der Waals surface area contributed by atoms with Crippen LogP contribution in [0.4, 0.5) is 0 Å². The number of aromatic nitrogens is 2. The van der Waals surface area contributed by atoms with Crippen LogP contribution in [0, 0.1) is 6.92 Å². The van der Waals surface area contributed by atoms with E-state index in [1.165, 1.54) is 11.3 Å². The van der Waals surface area contributed by atoms with Crippen LogP contribution in [0.3, 0.4) is 0 Å². The maximum atomic E-state index is 12.0. The molecule has 2 heterocycles. The van der Waals surface area contributed by atoms with Crippen LogP contribution in [0.1, 0.15) is 5.56 Å². The van der Waals surface area contributed by atoms with Gasteiger partial charge in [-0.3, -0.25) is 4.57 Å². The highest BCUT2D eigenvalue weighted by Crippen LogP contribution is 2.37. The minimum absolute atomic E-state index is 0.260. The van der Waals surface area contributed by atoms with E-state index in [4.69, 9.17) is 11.6 Å². The molecular weight excluding hydrogens is 280 g/mol. The first-order valence-corrected chi connectivity index (χ1v) is 7.00. The maximum absolute atomic E-state index is 12.0. The Morgan fingerprint density at radius 1 is 1.26 bits per heavy atom. The van der Waals surface area contributed by atoms with Crippen LogP contribution in [0.5, 0.6) is 0 Å². The van der Waals surface area contributed by atoms with Gasteiger partial charge in [-0.15, -0.1) is 11.3 Å². The fraction of sp³-hybridized carbons (Fsp3) is 0.143. The molecule has 0 saturated heterocycles. The topological polar surface area (TPSA) is 34.9 Å². The summed E-state index contributed by atoms with van der Waals surface area (Å²) in [4.78, 5) is 17.0. The molecule has 0 fully saturated rings. The summed E-state index contributed by atoms with van der Waals surface area (Å²) in [6, 6.07) is 9.71. The van der Waals surface area contributed by atoms with Crippen molar-refractivity contribution in [3.63, 3.8) is 0 Å². The molecule has 2 aromatic heterocycles. The van der Waals surface area contributed by atoms with Crippen LogP contribution in [0.25, 0.3) is 21.5 Å². The highest BCUT2D eigenvalue weighted by atomic mass is 35.5. The number of nitrogens with zero attached hydrogens (tertiary/aromatic N) is 2. The van der Waals surface area contributed by atoms with Gasteiger partial charge in [-0.05, 0) is 12.5 Å². The van der Waals surface area contributed by atoms with E-state index in [0.717, 1.165) is 21.3 Å². The summed E-state index contributed by atoms with van der Waals surface area (Å²) in [5.74, 6) is 0. The number of benzene rings is 1. The molecule has 19 heavy (non-hydrogen) atoms. The van der Waals surface area contributed by atoms with Crippen molar-refractivity contribution < 1.29 is 0 Å². The molecule has 0 spiro atoms. The van der Waals surface area contributed by atoms with Gasteiger partial charge < -0.3 is 0 Å². The van der Waals surface area contributed by atoms with E-state index >= 15 is 0 Å². The van der Waals surface area contributed by atoms with Crippen molar-refractivity contribution >= 4 is 33.2 Å². The molecule has 0 bridgehead atoms. The zero-order valence-corrected chi connectivity index (χ0v) is 12.0. The van der Waals surface area contributed by atoms with Gasteiger partial charge in [-0.1, -0.05) is 41.9 Å². The first-order chi connectivity index (χ1) is 9.09. The number of thiophene rings is 1. The Morgan fingerprint density at radius 2 is 1.95 bits per heavy atom. The molecule has 0 atom stereocenters. The monoisotopic (exact) mass is 290 g/mol. The van der Waals surface area contributed by atoms with Crippen molar-refractivity contribution in [2.45, 2.75) is 6.92 Å². The Morgan fingerprint density at radius 3 is 2.63 bits per heavy atom. The van der Waals surface area contributed by atoms with E-state index in [1.807, 2.05) is 37.3 Å². The summed E-state index contributed by atoms with van der Waals surface area (Å²) >= 11 is 7.63. The second-order valence-corrected chi connectivity index (χ2v) is 5.95. The van der Waals surface area contributed by atoms with Gasteiger partial charge in [0.2, 0.25) is 0 Å². The molecule has 0 unspecified atom stereocenters. The standard InChI is InChI=1S/C14H11ClN2OS/c1-8-10-11(9-6-4-3-5-7-9)16-14(18)17(2)13(10)19-12(8)15/h3-7H,1-2H3. The van der Waals surface area contributed by atoms with Crippen LogP contribution in [-0.4, -0.2) is 9.55 Å². The number of aryl methyl sites for hydroxylation is 2. The lowest BCUT2D eigenvalue weighted by atomic mass is 10.1. The molecule has 0 saturated carbocycles. The molecule has 3 aromatic rings. The van der Waals surface area contributed by atoms with Crippen molar-refractivity contribution in [1.29, 1.82) is 0 Å². The molecule has 0 aliphatic rings. The van der Waals surface area contributed by atoms with E-state index in [0.29, 0.717) is 10.0 Å². The number of hydrogen-bond donors (Lipinski definition) is 0. The second-order valence-electron chi connectivity index (χ2n) is 4.35. The van der Waals surface area contributed by atoms with Crippen molar-refractivity contribution in [2.24, 2.45) is 7.05 Å². The Labute approximate surface area is 119 Å². The molecule has 1 aromatic carbocycles. The third-order valence-corrected chi connectivity index (χ3v) is 4.82. The van der Waals surface area contributed by atoms with Gasteiger partial charge in [0.1, 0.15) is 4.83 Å². The van der Waals surface area contributed by atoms with Gasteiger partial charge in [-0.2, -0.15) is 4.98 Å². The first kappa shape index (κ1) is 12.4. The number of halogens is 1. The molecular formula is C14H11ClN2OS. The highest BCUT2D eigenvalue weighted by molar-refractivity contribution is 7.22. The summed E-state index contributed by atoms with van der Waals surface area (Å²) in [5.41, 5.74) is 2.36. The van der Waals surface area contributed by atoms with Gasteiger partial charge >= 0.3 is 5.69 Å². The lowest BCUT2D eigenvalue weighted by molar-refractivity contribution is 0.862. The summed E-state index contributed by atoms with van der Waals surface area (Å²) in [6.07, 6.45) is 0. The average Bonchev–Trinajstić information content (AvgIpc) is 2.72. The Bertz CT molecular complexity index is 821. The predicted molar refractivity (Wildman–Crippen MR) is 80.0 cm³/mol. The Balaban J connectivity index is 2.49. The van der Waals surface area contributed by atoms with Gasteiger partial charge in [0.15, 0.2) is 0 Å². The quantitative estimate of drug-likeness (QED) is 0.686. The number of hydrogen-bond acceptors (Lipinski definition) is 3. The fourth-order valence-electron chi connectivity index (χ4n) is 2.10. The van der Waals surface area contributed by atoms with Gasteiger partial charge in [0, 0.05) is 18.0 Å². The first-order valence-electron chi connectivity index (χ1n) is 5.80. The molecule has 5 heteroatoms. The third-order valence-electron chi connectivity index (χ3n) is 3.15. The van der Waals surface area contributed by atoms with E-state index in [-0.39, 0.29) is 5.69 Å². The van der Waals surface area contributed by atoms with Crippen molar-refractivity contribution in [3.05, 3.63) is 50.7 Å². The molecule has 0 amide bonds. The smallest absolute Gasteiger partial charge is 0.286 e. The molecule has 3 rings (SSSR count). The van der Waals surface area contributed by atoms with Crippen LogP contribution in [0.2, 0.25) is 4.34 Å². The van der Waals surface area contributed by atoms with E-state index in [2.05, 4.69) is 4.98 Å². The summed E-state index contributed by atoms with van der Waals surface area (Å²) in [5, 5.41) is 0.961. The number of rotatable bonds is 1. The average molecular weight is 291 g/mol. The summed E-state index contributed by atoms with van der Waals surface area (Å²) in [7, 11) is 1.72. The van der Waals surface area contributed by atoms with Gasteiger partial charge in [0.25, 0.3) is 0 Å². The molecule has 0 aliphatic heterocycles. The summed E-state index contributed by atoms with van der Waals surface area (Å²) in [6.45, 7) is 1.96. The molecule has 3 nitrogen and oxygen atoms in total. The van der Waals surface area contributed by atoms with E-state index in [9.17, 15) is 4.79 Å². The van der Waals surface area contributed by atoms with Gasteiger partial charge in [-0.25, -0.2) is 4.79 Å². The molecule has 96 valence electrons. The predicted octanol–water partition coefficient (Wildman–Crippen LogP) is 3.62. The van der Waals surface area contributed by atoms with Crippen molar-refractivity contribution in [3.8, 4) is 11.3 Å². The minimum Gasteiger partial charge on any atom is -0.286 e. The Hall–Kier alpha value is -1.65. The lowest BCUT2D eigenvalue weighted by Gasteiger charge is -2.06. The van der Waals surface area contributed by atoms with Crippen LogP contribution in [-0.2, 0) is 7.05 Å². The van der Waals surface area contributed by atoms with Crippen molar-refractivity contribution in [1.82, 2.24) is 9.55 Å². The third kappa shape index (κ3) is 1.88. The Kier molecular flexibility index (Phi) is 2.92. The SMILES string of the molecule is Cc1c(Cl)sc2c1c(-c1ccccc1)nc(=O)n2C. The van der Waals surface area contributed by atoms with Gasteiger partial charge in [0.05, 0.1) is 10.0 Å². The summed E-state index contributed by atoms with van der Waals surface area (Å²) < 4.78 is 2.25. The minimum atomic E-state index is -0.260. The van der Waals surface area contributed by atoms with Crippen LogP contribution in [0.15, 0.2) is 35.1 Å². The fourth-order valence-corrected chi connectivity index (χ4v) is 3.41. The molecule has 0 radical (unpaired) electrons. The lowest BCUT2D eigenvalue weighted by Crippen LogP contribution is -2.20. The second kappa shape index (κ2) is 4.47. The van der Waals surface area contributed by atoms with Crippen LogP contribution >= 0.6 is 22.9 Å². The normalized spacial score (nSPS) is 11.1. The number of fused-ring (bicyclic) bond motifs is 1.